The molecule has 0 amide bonds. The summed E-state index contributed by atoms with van der Waals surface area (Å²) in [4.78, 5) is 11.9. The highest BCUT2D eigenvalue weighted by molar-refractivity contribution is 8.00. The van der Waals surface area contributed by atoms with Crippen molar-refractivity contribution in [1.82, 2.24) is 14.9 Å². The third-order valence-electron chi connectivity index (χ3n) is 5.02. The van der Waals surface area contributed by atoms with E-state index in [0.717, 1.165) is 48.1 Å². The first-order valence-corrected chi connectivity index (χ1v) is 10.8. The number of nitrogens with zero attached hydrogens (tertiary/aromatic N) is 4. The lowest BCUT2D eigenvalue weighted by molar-refractivity contribution is 0.0330. The quantitative estimate of drug-likeness (QED) is 0.457. The Hall–Kier alpha value is -2.46. The van der Waals surface area contributed by atoms with Crippen LogP contribution in [0.5, 0.6) is 0 Å². The Kier molecular flexibility index (Phi) is 6.40. The van der Waals surface area contributed by atoms with Gasteiger partial charge in [-0.1, -0.05) is 59.8 Å². The molecule has 1 aliphatic heterocycles. The molecule has 1 atom stereocenters. The van der Waals surface area contributed by atoms with E-state index in [1.54, 1.807) is 0 Å². The van der Waals surface area contributed by atoms with Gasteiger partial charge in [0.15, 0.2) is 0 Å². The minimum Gasteiger partial charge on any atom is -0.379 e. The summed E-state index contributed by atoms with van der Waals surface area (Å²) in [6, 6.07) is 18.9. The minimum absolute atomic E-state index is 0.202. The van der Waals surface area contributed by atoms with E-state index in [4.69, 9.17) is 14.7 Å². The van der Waals surface area contributed by atoms with E-state index in [2.05, 4.69) is 42.2 Å². The summed E-state index contributed by atoms with van der Waals surface area (Å²) in [5.41, 5.74) is 3.33. The van der Waals surface area contributed by atoms with E-state index in [-0.39, 0.29) is 5.25 Å². The predicted octanol–water partition coefficient (Wildman–Crippen LogP) is 4.00. The highest BCUT2D eigenvalue weighted by Gasteiger charge is 2.18. The zero-order valence-corrected chi connectivity index (χ0v) is 17.4. The van der Waals surface area contributed by atoms with Crippen molar-refractivity contribution in [3.8, 4) is 6.07 Å². The number of hydrogen-bond donors (Lipinski definition) is 0. The molecule has 1 saturated heterocycles. The number of hydrogen-bond acceptors (Lipinski definition) is 6. The molecule has 29 heavy (non-hydrogen) atoms. The van der Waals surface area contributed by atoms with Crippen molar-refractivity contribution in [2.75, 3.05) is 26.3 Å². The van der Waals surface area contributed by atoms with Crippen LogP contribution in [0.3, 0.4) is 0 Å². The summed E-state index contributed by atoms with van der Waals surface area (Å²) in [5, 5.41) is 11.5. The van der Waals surface area contributed by atoms with Gasteiger partial charge in [-0.2, -0.15) is 5.26 Å². The molecule has 148 valence electrons. The van der Waals surface area contributed by atoms with Crippen molar-refractivity contribution in [3.63, 3.8) is 0 Å². The fourth-order valence-electron chi connectivity index (χ4n) is 3.40. The van der Waals surface area contributed by atoms with E-state index < -0.39 is 0 Å². The summed E-state index contributed by atoms with van der Waals surface area (Å²) in [5.74, 6) is 0.806. The molecule has 2 heterocycles. The van der Waals surface area contributed by atoms with E-state index in [1.807, 2.05) is 24.3 Å². The number of thioether (sulfide) groups is 1. The summed E-state index contributed by atoms with van der Waals surface area (Å²) in [6.45, 7) is 6.07. The molecule has 0 saturated carbocycles. The van der Waals surface area contributed by atoms with Gasteiger partial charge in [-0.3, -0.25) is 4.90 Å². The first-order chi connectivity index (χ1) is 14.2. The number of aromatic nitrogens is 2. The second kappa shape index (κ2) is 9.36. The first-order valence-electron chi connectivity index (χ1n) is 9.89. The Morgan fingerprint density at radius 3 is 2.62 bits per heavy atom. The number of aryl methyl sites for hydroxylation is 1. The van der Waals surface area contributed by atoms with Crippen LogP contribution in [-0.4, -0.2) is 46.4 Å². The third-order valence-corrected chi connectivity index (χ3v) is 6.11. The van der Waals surface area contributed by atoms with E-state index in [0.29, 0.717) is 13.0 Å². The second-order valence-electron chi connectivity index (χ2n) is 7.28. The van der Waals surface area contributed by atoms with Crippen LogP contribution in [0.25, 0.3) is 10.9 Å². The fourth-order valence-corrected chi connectivity index (χ4v) is 4.46. The number of benzene rings is 2. The maximum Gasteiger partial charge on any atom is 0.144 e. The Morgan fingerprint density at radius 1 is 1.10 bits per heavy atom. The van der Waals surface area contributed by atoms with Gasteiger partial charge in [-0.15, -0.1) is 0 Å². The molecule has 2 aromatic carbocycles. The average Bonchev–Trinajstić information content (AvgIpc) is 2.75. The molecule has 1 aliphatic rings. The molecule has 3 aromatic rings. The van der Waals surface area contributed by atoms with Crippen LogP contribution in [-0.2, 0) is 17.7 Å². The summed E-state index contributed by atoms with van der Waals surface area (Å²) < 4.78 is 5.44. The summed E-state index contributed by atoms with van der Waals surface area (Å²) in [6.07, 6.45) is 0.693. The molecule has 0 unspecified atom stereocenters. The maximum atomic E-state index is 9.77. The van der Waals surface area contributed by atoms with Crippen molar-refractivity contribution < 1.29 is 4.74 Å². The summed E-state index contributed by atoms with van der Waals surface area (Å²) in [7, 11) is 0. The van der Waals surface area contributed by atoms with E-state index in [1.165, 1.54) is 22.9 Å². The van der Waals surface area contributed by atoms with Crippen LogP contribution in [0.4, 0.5) is 0 Å². The zero-order valence-electron chi connectivity index (χ0n) is 16.5. The maximum absolute atomic E-state index is 9.77. The lowest BCUT2D eigenvalue weighted by Crippen LogP contribution is -2.36. The molecule has 0 spiro atoms. The highest BCUT2D eigenvalue weighted by atomic mass is 32.2. The second-order valence-corrected chi connectivity index (χ2v) is 8.47. The smallest absolute Gasteiger partial charge is 0.144 e. The SMILES string of the molecule is Cc1ccc(C[C@H](C#N)Sc2nc(CN3CCOCC3)nc3ccccc23)cc1. The molecule has 0 N–H and O–H groups in total. The van der Waals surface area contributed by atoms with E-state index in [9.17, 15) is 5.26 Å². The van der Waals surface area contributed by atoms with Crippen molar-refractivity contribution in [1.29, 1.82) is 5.26 Å². The number of rotatable bonds is 6. The number of ether oxygens (including phenoxy) is 1. The Balaban J connectivity index is 1.58. The molecular weight excluding hydrogens is 380 g/mol. The molecule has 5 nitrogen and oxygen atoms in total. The average molecular weight is 405 g/mol. The lowest BCUT2D eigenvalue weighted by atomic mass is 10.1. The van der Waals surface area contributed by atoms with Crippen molar-refractivity contribution in [2.45, 2.75) is 30.2 Å². The van der Waals surface area contributed by atoms with Gasteiger partial charge < -0.3 is 4.74 Å². The third kappa shape index (κ3) is 5.13. The van der Waals surface area contributed by atoms with Crippen molar-refractivity contribution >= 4 is 22.7 Å². The Bertz CT molecular complexity index is 1010. The topological polar surface area (TPSA) is 62.0 Å². The highest BCUT2D eigenvalue weighted by Crippen LogP contribution is 2.30. The number of para-hydroxylation sites is 1. The Morgan fingerprint density at radius 2 is 1.86 bits per heavy atom. The predicted molar refractivity (Wildman–Crippen MR) is 116 cm³/mol. The molecule has 1 aromatic heterocycles. The molecular formula is C23H24N4OS. The van der Waals surface area contributed by atoms with Crippen molar-refractivity contribution in [3.05, 3.63) is 65.5 Å². The van der Waals surface area contributed by atoms with Gasteiger partial charge >= 0.3 is 0 Å². The largest absolute Gasteiger partial charge is 0.379 e. The number of fused-ring (bicyclic) bond motifs is 1. The van der Waals surface area contributed by atoms with Gasteiger partial charge in [0.25, 0.3) is 0 Å². The van der Waals surface area contributed by atoms with Crippen LogP contribution in [0.15, 0.2) is 53.6 Å². The minimum atomic E-state index is -0.202. The van der Waals surface area contributed by atoms with Gasteiger partial charge in [0.05, 0.1) is 31.3 Å². The normalized spacial score (nSPS) is 15.9. The number of nitriles is 1. The zero-order chi connectivity index (χ0) is 20.1. The van der Waals surface area contributed by atoms with Crippen molar-refractivity contribution in [2.24, 2.45) is 0 Å². The first kappa shape index (κ1) is 19.8. The monoisotopic (exact) mass is 404 g/mol. The van der Waals surface area contributed by atoms with Gasteiger partial charge in [-0.25, -0.2) is 9.97 Å². The van der Waals surface area contributed by atoms with Crippen LogP contribution in [0, 0.1) is 18.3 Å². The molecule has 0 radical (unpaired) electrons. The Labute approximate surface area is 175 Å². The lowest BCUT2D eigenvalue weighted by Gasteiger charge is -2.26. The standard InChI is InChI=1S/C23H24N4OS/c1-17-6-8-18(9-7-17)14-19(15-24)29-23-20-4-2-3-5-21(20)25-22(26-23)16-27-10-12-28-13-11-27/h2-9,19H,10-14,16H2,1H3/t19-/m1/s1. The van der Waals surface area contributed by atoms with Gasteiger partial charge in [0.1, 0.15) is 16.1 Å². The number of morpholine rings is 1. The van der Waals surface area contributed by atoms with Crippen LogP contribution in [0.2, 0.25) is 0 Å². The van der Waals surface area contributed by atoms with Crippen LogP contribution >= 0.6 is 11.8 Å². The van der Waals surface area contributed by atoms with Gasteiger partial charge in [-0.05, 0) is 25.0 Å². The molecule has 4 rings (SSSR count). The molecule has 1 fully saturated rings. The molecule has 0 bridgehead atoms. The molecule has 0 aliphatic carbocycles. The van der Waals surface area contributed by atoms with Crippen LogP contribution in [0.1, 0.15) is 17.0 Å². The van der Waals surface area contributed by atoms with Gasteiger partial charge in [0, 0.05) is 18.5 Å². The summed E-state index contributed by atoms with van der Waals surface area (Å²) >= 11 is 1.54. The van der Waals surface area contributed by atoms with E-state index >= 15 is 0 Å². The van der Waals surface area contributed by atoms with Gasteiger partial charge in [0.2, 0.25) is 0 Å². The molecule has 6 heteroatoms. The fraction of sp³-hybridized carbons (Fsp3) is 0.348. The van der Waals surface area contributed by atoms with Crippen LogP contribution < -0.4 is 0 Å².